The Hall–Kier alpha value is -3.58. The minimum absolute atomic E-state index is 0.120. The predicted molar refractivity (Wildman–Crippen MR) is 129 cm³/mol. The Kier molecular flexibility index (Phi) is 7.79. The number of rotatable bonds is 6. The van der Waals surface area contributed by atoms with Crippen LogP contribution in [0, 0.1) is 34.3 Å². The number of aromatic nitrogens is 1. The molecule has 1 aliphatic heterocycles. The van der Waals surface area contributed by atoms with Crippen molar-refractivity contribution in [3.05, 3.63) is 42.1 Å². The maximum Gasteiger partial charge on any atom is 0.240 e. The molecular weight excluding hydrogens is 468 g/mol. The SMILES string of the molecule is COc1cc(F)ccc1-c1cc(NC(=O)[C@H]2CCC[C@@H](NC(=O)C3(C#N)CCNCC3)C2)ncc1F. The zero-order chi connectivity index (χ0) is 25.7. The molecule has 1 saturated carbocycles. The fourth-order valence-electron chi connectivity index (χ4n) is 4.96. The maximum absolute atomic E-state index is 14.6. The third-order valence-corrected chi connectivity index (χ3v) is 7.05. The number of hydrogen-bond donors (Lipinski definition) is 3. The summed E-state index contributed by atoms with van der Waals surface area (Å²) in [7, 11) is 1.36. The van der Waals surface area contributed by atoms with Crippen molar-refractivity contribution in [2.75, 3.05) is 25.5 Å². The molecule has 8 nitrogen and oxygen atoms in total. The zero-order valence-electron chi connectivity index (χ0n) is 20.1. The molecule has 2 aromatic rings. The minimum atomic E-state index is -1.03. The first-order valence-corrected chi connectivity index (χ1v) is 12.1. The Balaban J connectivity index is 1.43. The molecule has 2 atom stereocenters. The van der Waals surface area contributed by atoms with Gasteiger partial charge in [0.1, 0.15) is 28.6 Å². The first-order valence-electron chi connectivity index (χ1n) is 12.1. The smallest absolute Gasteiger partial charge is 0.240 e. The summed E-state index contributed by atoms with van der Waals surface area (Å²) in [6.45, 7) is 1.24. The Morgan fingerprint density at radius 3 is 2.69 bits per heavy atom. The number of nitrogens with zero attached hydrogens (tertiary/aromatic N) is 2. The van der Waals surface area contributed by atoms with Gasteiger partial charge in [-0.2, -0.15) is 5.26 Å². The summed E-state index contributed by atoms with van der Waals surface area (Å²) in [5, 5.41) is 18.6. The lowest BCUT2D eigenvalue weighted by atomic mass is 9.78. The van der Waals surface area contributed by atoms with E-state index in [0.717, 1.165) is 25.1 Å². The van der Waals surface area contributed by atoms with Crippen LogP contribution in [0.1, 0.15) is 38.5 Å². The fourth-order valence-corrected chi connectivity index (χ4v) is 4.96. The van der Waals surface area contributed by atoms with Crippen molar-refractivity contribution in [3.63, 3.8) is 0 Å². The number of carbonyl (C=O) groups excluding carboxylic acids is 2. The van der Waals surface area contributed by atoms with E-state index in [2.05, 4.69) is 27.0 Å². The molecule has 1 saturated heterocycles. The van der Waals surface area contributed by atoms with Crippen LogP contribution < -0.4 is 20.7 Å². The molecule has 2 heterocycles. The van der Waals surface area contributed by atoms with Crippen molar-refractivity contribution < 1.29 is 23.1 Å². The van der Waals surface area contributed by atoms with E-state index in [1.807, 2.05) is 0 Å². The average molecular weight is 498 g/mol. The van der Waals surface area contributed by atoms with Crippen LogP contribution in [0.25, 0.3) is 11.1 Å². The maximum atomic E-state index is 14.6. The summed E-state index contributed by atoms with van der Waals surface area (Å²) in [5.41, 5.74) is -0.579. The number of ether oxygens (including phenoxy) is 1. The quantitative estimate of drug-likeness (QED) is 0.562. The number of benzene rings is 1. The van der Waals surface area contributed by atoms with Crippen LogP contribution in [0.3, 0.4) is 0 Å². The van der Waals surface area contributed by atoms with E-state index in [9.17, 15) is 23.6 Å². The second-order valence-corrected chi connectivity index (χ2v) is 9.36. The van der Waals surface area contributed by atoms with Gasteiger partial charge in [-0.1, -0.05) is 6.42 Å². The van der Waals surface area contributed by atoms with Crippen LogP contribution in [0.15, 0.2) is 30.5 Å². The molecule has 2 aliphatic rings. The molecule has 10 heteroatoms. The lowest BCUT2D eigenvalue weighted by molar-refractivity contribution is -0.131. The van der Waals surface area contributed by atoms with Crippen LogP contribution in [0.5, 0.6) is 5.75 Å². The number of methoxy groups -OCH3 is 1. The number of nitrogens with one attached hydrogen (secondary N) is 3. The molecule has 1 aliphatic carbocycles. The van der Waals surface area contributed by atoms with E-state index in [0.29, 0.717) is 44.3 Å². The number of amides is 2. The minimum Gasteiger partial charge on any atom is -0.496 e. The summed E-state index contributed by atoms with van der Waals surface area (Å²) >= 11 is 0. The van der Waals surface area contributed by atoms with E-state index in [-0.39, 0.29) is 40.9 Å². The van der Waals surface area contributed by atoms with Crippen molar-refractivity contribution in [1.29, 1.82) is 5.26 Å². The Morgan fingerprint density at radius 1 is 1.19 bits per heavy atom. The summed E-state index contributed by atoms with van der Waals surface area (Å²) in [6.07, 6.45) is 4.49. The van der Waals surface area contributed by atoms with Gasteiger partial charge in [-0.15, -0.1) is 0 Å². The van der Waals surface area contributed by atoms with E-state index < -0.39 is 17.0 Å². The second-order valence-electron chi connectivity index (χ2n) is 9.36. The van der Waals surface area contributed by atoms with Gasteiger partial charge in [0.2, 0.25) is 11.8 Å². The first kappa shape index (κ1) is 25.5. The standard InChI is InChI=1S/C26H29F2N5O3/c1-36-22-12-17(27)5-6-19(22)20-13-23(31-14-21(20)28)33-24(34)16-3-2-4-18(11-16)32-25(35)26(15-29)7-9-30-10-8-26/h5-6,12-14,16,18,30H,2-4,7-11H2,1H3,(H,32,35)(H,31,33,34)/t16-,18+/m0/s1. The zero-order valence-corrected chi connectivity index (χ0v) is 20.1. The van der Waals surface area contributed by atoms with Crippen LogP contribution >= 0.6 is 0 Å². The topological polar surface area (TPSA) is 116 Å². The van der Waals surface area contributed by atoms with Gasteiger partial charge >= 0.3 is 0 Å². The lowest BCUT2D eigenvalue weighted by Gasteiger charge is -2.34. The highest BCUT2D eigenvalue weighted by molar-refractivity contribution is 5.92. The van der Waals surface area contributed by atoms with Crippen LogP contribution in [0.4, 0.5) is 14.6 Å². The van der Waals surface area contributed by atoms with Gasteiger partial charge in [0.15, 0.2) is 0 Å². The van der Waals surface area contributed by atoms with Crippen molar-refractivity contribution in [1.82, 2.24) is 15.6 Å². The summed E-state index contributed by atoms with van der Waals surface area (Å²) in [5.74, 6) is -1.75. The molecule has 0 spiro atoms. The molecule has 1 aromatic heterocycles. The van der Waals surface area contributed by atoms with E-state index in [4.69, 9.17) is 4.74 Å². The normalized spacial score (nSPS) is 21.2. The first-order chi connectivity index (χ1) is 17.3. The van der Waals surface area contributed by atoms with Gasteiger partial charge in [-0.3, -0.25) is 9.59 Å². The van der Waals surface area contributed by atoms with Gasteiger partial charge in [0.25, 0.3) is 0 Å². The summed E-state index contributed by atoms with van der Waals surface area (Å²) < 4.78 is 33.3. The highest BCUT2D eigenvalue weighted by Gasteiger charge is 2.41. The Bertz CT molecular complexity index is 1180. The average Bonchev–Trinajstić information content (AvgIpc) is 2.90. The highest BCUT2D eigenvalue weighted by Crippen LogP contribution is 2.34. The van der Waals surface area contributed by atoms with Crippen LogP contribution in [-0.4, -0.2) is 43.0 Å². The Labute approximate surface area is 208 Å². The predicted octanol–water partition coefficient (Wildman–Crippen LogP) is 3.54. The largest absolute Gasteiger partial charge is 0.496 e. The number of hydrogen-bond acceptors (Lipinski definition) is 6. The van der Waals surface area contributed by atoms with Crippen molar-refractivity contribution in [2.24, 2.45) is 11.3 Å². The third kappa shape index (κ3) is 5.46. The van der Waals surface area contributed by atoms with E-state index in [1.165, 1.54) is 25.3 Å². The Morgan fingerprint density at radius 2 is 1.97 bits per heavy atom. The fraction of sp³-hybridized carbons (Fsp3) is 0.462. The van der Waals surface area contributed by atoms with Crippen LogP contribution in [0.2, 0.25) is 0 Å². The van der Waals surface area contributed by atoms with Crippen molar-refractivity contribution >= 4 is 17.6 Å². The van der Waals surface area contributed by atoms with Crippen molar-refractivity contribution in [3.8, 4) is 22.9 Å². The number of nitriles is 1. The number of anilines is 1. The molecule has 2 amide bonds. The summed E-state index contributed by atoms with van der Waals surface area (Å²) in [4.78, 5) is 29.9. The molecule has 36 heavy (non-hydrogen) atoms. The second kappa shape index (κ2) is 11.0. The molecule has 3 N–H and O–H groups in total. The molecule has 0 radical (unpaired) electrons. The van der Waals surface area contributed by atoms with Crippen molar-refractivity contribution in [2.45, 2.75) is 44.6 Å². The van der Waals surface area contributed by atoms with Gasteiger partial charge in [-0.05, 0) is 63.4 Å². The molecule has 0 bridgehead atoms. The third-order valence-electron chi connectivity index (χ3n) is 7.05. The monoisotopic (exact) mass is 497 g/mol. The number of halogens is 2. The van der Waals surface area contributed by atoms with Gasteiger partial charge < -0.3 is 20.7 Å². The van der Waals surface area contributed by atoms with Gasteiger partial charge in [0.05, 0.1) is 19.4 Å². The van der Waals surface area contributed by atoms with Gasteiger partial charge in [0, 0.05) is 29.2 Å². The number of pyridine rings is 1. The van der Waals surface area contributed by atoms with E-state index >= 15 is 0 Å². The number of carbonyl (C=O) groups is 2. The van der Waals surface area contributed by atoms with Gasteiger partial charge in [-0.25, -0.2) is 13.8 Å². The molecule has 2 fully saturated rings. The highest BCUT2D eigenvalue weighted by atomic mass is 19.1. The van der Waals surface area contributed by atoms with Crippen LogP contribution in [-0.2, 0) is 9.59 Å². The summed E-state index contributed by atoms with van der Waals surface area (Å²) in [6, 6.07) is 7.15. The molecular formula is C26H29F2N5O3. The molecule has 190 valence electrons. The molecule has 4 rings (SSSR count). The molecule has 1 aromatic carbocycles. The number of piperidine rings is 1. The molecule has 0 unspecified atom stereocenters. The van der Waals surface area contributed by atoms with E-state index in [1.54, 1.807) is 0 Å². The lowest BCUT2D eigenvalue weighted by Crippen LogP contribution is -2.51.